The van der Waals surface area contributed by atoms with E-state index in [0.29, 0.717) is 12.8 Å². The summed E-state index contributed by atoms with van der Waals surface area (Å²) in [5.74, 6) is 3.26. The van der Waals surface area contributed by atoms with Crippen molar-refractivity contribution in [2.75, 3.05) is 0 Å². The van der Waals surface area contributed by atoms with Crippen LogP contribution >= 0.6 is 0 Å². The van der Waals surface area contributed by atoms with Crippen LogP contribution in [0.3, 0.4) is 0 Å². The van der Waals surface area contributed by atoms with Crippen LogP contribution in [0.4, 0.5) is 0 Å². The fourth-order valence-corrected chi connectivity index (χ4v) is 5.08. The molecule has 0 amide bonds. The third-order valence-electron chi connectivity index (χ3n) is 5.87. The molecule has 0 heterocycles. The first-order valence-corrected chi connectivity index (χ1v) is 7.52. The fourth-order valence-electron chi connectivity index (χ4n) is 5.08. The smallest absolute Gasteiger partial charge is 0.162 e. The maximum absolute atomic E-state index is 9.73. The maximum atomic E-state index is 9.73. The third kappa shape index (κ3) is 2.26. The lowest BCUT2D eigenvalue weighted by atomic mass is 9.51. The highest BCUT2D eigenvalue weighted by molar-refractivity contribution is 4.98. The van der Waals surface area contributed by atoms with Crippen LogP contribution in [0.5, 0.6) is 0 Å². The van der Waals surface area contributed by atoms with Crippen molar-refractivity contribution < 1.29 is 10.2 Å². The highest BCUT2D eigenvalue weighted by Gasteiger charge is 2.48. The van der Waals surface area contributed by atoms with E-state index in [-0.39, 0.29) is 0 Å². The Hall–Kier alpha value is -0.0800. The Labute approximate surface area is 104 Å². The largest absolute Gasteiger partial charge is 0.366 e. The Balaban J connectivity index is 1.61. The van der Waals surface area contributed by atoms with Crippen molar-refractivity contribution in [3.05, 3.63) is 0 Å². The molecule has 4 saturated carbocycles. The molecule has 0 atom stereocenters. The molecule has 4 bridgehead atoms. The standard InChI is InChI=1S/C15H26O2/c1-2-15(16,17)4-3-14-12-6-10-5-11(8-12)9-13(14)7-10/h10-14,16-17H,2-9H2,1H3. The van der Waals surface area contributed by atoms with Crippen molar-refractivity contribution in [2.24, 2.45) is 29.6 Å². The quantitative estimate of drug-likeness (QED) is 0.739. The lowest BCUT2D eigenvalue weighted by molar-refractivity contribution is -0.174. The maximum Gasteiger partial charge on any atom is 0.162 e. The van der Waals surface area contributed by atoms with Crippen LogP contribution in [-0.4, -0.2) is 16.0 Å². The fraction of sp³-hybridized carbons (Fsp3) is 1.00. The highest BCUT2D eigenvalue weighted by Crippen LogP contribution is 2.57. The van der Waals surface area contributed by atoms with Crippen LogP contribution in [0.1, 0.15) is 58.3 Å². The Morgan fingerprint density at radius 1 is 0.941 bits per heavy atom. The molecule has 0 unspecified atom stereocenters. The van der Waals surface area contributed by atoms with E-state index in [1.165, 1.54) is 32.1 Å². The molecule has 0 saturated heterocycles. The van der Waals surface area contributed by atoms with Crippen molar-refractivity contribution in [1.82, 2.24) is 0 Å². The van der Waals surface area contributed by atoms with Crippen LogP contribution < -0.4 is 0 Å². The highest BCUT2D eigenvalue weighted by atomic mass is 16.5. The van der Waals surface area contributed by atoms with Crippen molar-refractivity contribution in [3.63, 3.8) is 0 Å². The topological polar surface area (TPSA) is 40.5 Å². The van der Waals surface area contributed by atoms with Gasteiger partial charge in [0.1, 0.15) is 0 Å². The number of rotatable bonds is 4. The van der Waals surface area contributed by atoms with Gasteiger partial charge in [-0.3, -0.25) is 0 Å². The second-order valence-corrected chi connectivity index (χ2v) is 6.97. The molecule has 2 nitrogen and oxygen atoms in total. The van der Waals surface area contributed by atoms with E-state index in [4.69, 9.17) is 0 Å². The zero-order valence-electron chi connectivity index (χ0n) is 10.9. The van der Waals surface area contributed by atoms with E-state index < -0.39 is 5.79 Å². The molecule has 0 aromatic rings. The van der Waals surface area contributed by atoms with Crippen LogP contribution in [0, 0.1) is 29.6 Å². The summed E-state index contributed by atoms with van der Waals surface area (Å²) in [4.78, 5) is 0. The van der Waals surface area contributed by atoms with Gasteiger partial charge in [0, 0.05) is 6.42 Å². The van der Waals surface area contributed by atoms with Crippen molar-refractivity contribution in [3.8, 4) is 0 Å². The molecule has 98 valence electrons. The second-order valence-electron chi connectivity index (χ2n) is 6.97. The van der Waals surface area contributed by atoms with E-state index in [2.05, 4.69) is 0 Å². The van der Waals surface area contributed by atoms with Gasteiger partial charge in [-0.05, 0) is 74.5 Å². The van der Waals surface area contributed by atoms with Crippen LogP contribution in [-0.2, 0) is 0 Å². The molecule has 0 aromatic heterocycles. The first-order chi connectivity index (χ1) is 8.07. The van der Waals surface area contributed by atoms with Gasteiger partial charge in [-0.15, -0.1) is 0 Å². The molecule has 4 fully saturated rings. The average molecular weight is 238 g/mol. The molecule has 2 heteroatoms. The summed E-state index contributed by atoms with van der Waals surface area (Å²) >= 11 is 0. The first-order valence-electron chi connectivity index (χ1n) is 7.52. The molecule has 4 aliphatic carbocycles. The molecule has 2 N–H and O–H groups in total. The SMILES string of the molecule is CCC(O)(O)CCC1C2CC3CC(C2)CC1C3. The minimum absolute atomic E-state index is 0.459. The predicted octanol–water partition coefficient (Wildman–Crippen LogP) is 2.93. The van der Waals surface area contributed by atoms with Gasteiger partial charge < -0.3 is 10.2 Å². The summed E-state index contributed by atoms with van der Waals surface area (Å²) in [6.07, 6.45) is 9.33. The molecule has 0 radical (unpaired) electrons. The van der Waals surface area contributed by atoms with E-state index >= 15 is 0 Å². The Morgan fingerprint density at radius 2 is 1.47 bits per heavy atom. The minimum Gasteiger partial charge on any atom is -0.366 e. The van der Waals surface area contributed by atoms with Gasteiger partial charge in [-0.1, -0.05) is 6.92 Å². The Bertz CT molecular complexity index is 257. The summed E-state index contributed by atoms with van der Waals surface area (Å²) in [7, 11) is 0. The van der Waals surface area contributed by atoms with E-state index in [1.54, 1.807) is 0 Å². The first kappa shape index (κ1) is 12.0. The molecule has 0 aliphatic heterocycles. The lowest BCUT2D eigenvalue weighted by Crippen LogP contribution is -2.45. The minimum atomic E-state index is -1.41. The van der Waals surface area contributed by atoms with Gasteiger partial charge in [0.05, 0.1) is 0 Å². The Morgan fingerprint density at radius 3 is 1.94 bits per heavy atom. The molecule has 4 rings (SSSR count). The summed E-state index contributed by atoms with van der Waals surface area (Å²) in [5, 5.41) is 19.5. The molecular weight excluding hydrogens is 212 g/mol. The molecular formula is C15H26O2. The molecule has 17 heavy (non-hydrogen) atoms. The zero-order valence-corrected chi connectivity index (χ0v) is 10.9. The van der Waals surface area contributed by atoms with E-state index in [0.717, 1.165) is 36.0 Å². The van der Waals surface area contributed by atoms with Gasteiger partial charge in [-0.25, -0.2) is 0 Å². The summed E-state index contributed by atoms with van der Waals surface area (Å²) in [6, 6.07) is 0. The molecule has 0 spiro atoms. The summed E-state index contributed by atoms with van der Waals surface area (Å²) in [6.45, 7) is 1.86. The normalized spacial score (nSPS) is 44.3. The van der Waals surface area contributed by atoms with Gasteiger partial charge >= 0.3 is 0 Å². The molecule has 4 aliphatic rings. The second kappa shape index (κ2) is 4.24. The third-order valence-corrected chi connectivity index (χ3v) is 5.87. The average Bonchev–Trinajstić information content (AvgIpc) is 2.27. The predicted molar refractivity (Wildman–Crippen MR) is 67.2 cm³/mol. The summed E-state index contributed by atoms with van der Waals surface area (Å²) < 4.78 is 0. The van der Waals surface area contributed by atoms with Gasteiger partial charge in [0.25, 0.3) is 0 Å². The summed E-state index contributed by atoms with van der Waals surface area (Å²) in [5.41, 5.74) is 0. The molecule has 0 aromatic carbocycles. The van der Waals surface area contributed by atoms with Crippen LogP contribution in [0.25, 0.3) is 0 Å². The van der Waals surface area contributed by atoms with Gasteiger partial charge in [0.15, 0.2) is 5.79 Å². The van der Waals surface area contributed by atoms with Crippen LogP contribution in [0.2, 0.25) is 0 Å². The monoisotopic (exact) mass is 238 g/mol. The Kier molecular flexibility index (Phi) is 2.99. The number of hydrogen-bond acceptors (Lipinski definition) is 2. The van der Waals surface area contributed by atoms with Crippen LogP contribution in [0.15, 0.2) is 0 Å². The van der Waals surface area contributed by atoms with E-state index in [9.17, 15) is 10.2 Å². The number of aliphatic hydroxyl groups is 2. The van der Waals surface area contributed by atoms with Gasteiger partial charge in [0.2, 0.25) is 0 Å². The van der Waals surface area contributed by atoms with Crippen molar-refractivity contribution in [2.45, 2.75) is 64.1 Å². The van der Waals surface area contributed by atoms with Crippen molar-refractivity contribution in [1.29, 1.82) is 0 Å². The lowest BCUT2D eigenvalue weighted by Gasteiger charge is -2.55. The van der Waals surface area contributed by atoms with E-state index in [1.807, 2.05) is 6.92 Å². The zero-order chi connectivity index (χ0) is 12.0. The van der Waals surface area contributed by atoms with Crippen molar-refractivity contribution >= 4 is 0 Å². The van der Waals surface area contributed by atoms with Gasteiger partial charge in [-0.2, -0.15) is 0 Å². The number of hydrogen-bond donors (Lipinski definition) is 2.